The highest BCUT2D eigenvalue weighted by Crippen LogP contribution is 2.14. The molecule has 2 N–H and O–H groups in total. The van der Waals surface area contributed by atoms with Crippen LogP contribution in [-0.4, -0.2) is 15.9 Å². The molecule has 1 amide bonds. The van der Waals surface area contributed by atoms with Crippen molar-refractivity contribution in [1.29, 1.82) is 0 Å². The molecule has 3 aromatic rings. The minimum absolute atomic E-state index is 0.241. The molecule has 132 valence electrons. The van der Waals surface area contributed by atoms with Crippen molar-refractivity contribution >= 4 is 23.5 Å². The number of aromatic nitrogens is 2. The number of amides is 1. The molecule has 0 aliphatic rings. The van der Waals surface area contributed by atoms with Crippen LogP contribution in [0.4, 0.5) is 5.95 Å². The SMILES string of the molecule is Cc1cccc(CNc2ncc(C(=O)NCc3ccccc3Cl)cn2)c1. The largest absolute Gasteiger partial charge is 0.350 e. The van der Waals surface area contributed by atoms with E-state index in [0.29, 0.717) is 29.6 Å². The second-order valence-electron chi connectivity index (χ2n) is 5.91. The van der Waals surface area contributed by atoms with E-state index >= 15 is 0 Å². The summed E-state index contributed by atoms with van der Waals surface area (Å²) in [5, 5.41) is 6.59. The Morgan fingerprint density at radius 1 is 1.04 bits per heavy atom. The Morgan fingerprint density at radius 2 is 1.81 bits per heavy atom. The molecule has 0 aliphatic heterocycles. The van der Waals surface area contributed by atoms with Gasteiger partial charge in [0.2, 0.25) is 5.95 Å². The minimum Gasteiger partial charge on any atom is -0.350 e. The Labute approximate surface area is 157 Å². The topological polar surface area (TPSA) is 66.9 Å². The third kappa shape index (κ3) is 4.80. The first kappa shape index (κ1) is 17.9. The third-order valence-electron chi connectivity index (χ3n) is 3.84. The van der Waals surface area contributed by atoms with Crippen molar-refractivity contribution in [2.45, 2.75) is 20.0 Å². The highest BCUT2D eigenvalue weighted by molar-refractivity contribution is 6.31. The lowest BCUT2D eigenvalue weighted by molar-refractivity contribution is 0.0950. The fourth-order valence-corrected chi connectivity index (χ4v) is 2.66. The van der Waals surface area contributed by atoms with E-state index in [4.69, 9.17) is 11.6 Å². The number of benzene rings is 2. The van der Waals surface area contributed by atoms with Crippen LogP contribution in [-0.2, 0) is 13.1 Å². The van der Waals surface area contributed by atoms with Gasteiger partial charge >= 0.3 is 0 Å². The van der Waals surface area contributed by atoms with Crippen molar-refractivity contribution < 1.29 is 4.79 Å². The molecule has 5 nitrogen and oxygen atoms in total. The fraction of sp³-hybridized carbons (Fsp3) is 0.150. The molecule has 0 unspecified atom stereocenters. The van der Waals surface area contributed by atoms with E-state index in [0.717, 1.165) is 11.1 Å². The number of carbonyl (C=O) groups is 1. The monoisotopic (exact) mass is 366 g/mol. The van der Waals surface area contributed by atoms with Crippen molar-refractivity contribution in [2.75, 3.05) is 5.32 Å². The summed E-state index contributed by atoms with van der Waals surface area (Å²) in [4.78, 5) is 20.6. The average molecular weight is 367 g/mol. The lowest BCUT2D eigenvalue weighted by atomic mass is 10.1. The van der Waals surface area contributed by atoms with E-state index in [1.165, 1.54) is 18.0 Å². The van der Waals surface area contributed by atoms with E-state index < -0.39 is 0 Å². The van der Waals surface area contributed by atoms with Crippen LogP contribution < -0.4 is 10.6 Å². The van der Waals surface area contributed by atoms with E-state index in [9.17, 15) is 4.79 Å². The molecule has 1 heterocycles. The molecule has 1 aromatic heterocycles. The molecular formula is C20H19ClN4O. The average Bonchev–Trinajstić information content (AvgIpc) is 2.66. The molecule has 0 atom stereocenters. The number of aryl methyl sites for hydroxylation is 1. The number of anilines is 1. The highest BCUT2D eigenvalue weighted by atomic mass is 35.5. The van der Waals surface area contributed by atoms with Crippen LogP contribution in [0.2, 0.25) is 5.02 Å². The number of nitrogens with one attached hydrogen (secondary N) is 2. The van der Waals surface area contributed by atoms with Gasteiger partial charge in [0.15, 0.2) is 0 Å². The Morgan fingerprint density at radius 3 is 2.54 bits per heavy atom. The van der Waals surface area contributed by atoms with E-state index in [2.05, 4.69) is 39.7 Å². The Kier molecular flexibility index (Phi) is 5.81. The Balaban J connectivity index is 1.55. The van der Waals surface area contributed by atoms with Gasteiger partial charge in [-0.1, -0.05) is 59.6 Å². The van der Waals surface area contributed by atoms with Crippen LogP contribution in [0.5, 0.6) is 0 Å². The zero-order chi connectivity index (χ0) is 18.4. The zero-order valence-corrected chi connectivity index (χ0v) is 15.1. The second-order valence-corrected chi connectivity index (χ2v) is 6.32. The number of nitrogens with zero attached hydrogens (tertiary/aromatic N) is 2. The van der Waals surface area contributed by atoms with Crippen LogP contribution in [0.3, 0.4) is 0 Å². The third-order valence-corrected chi connectivity index (χ3v) is 4.21. The normalized spacial score (nSPS) is 10.4. The predicted octanol–water partition coefficient (Wildman–Crippen LogP) is 3.98. The maximum absolute atomic E-state index is 12.2. The molecular weight excluding hydrogens is 348 g/mol. The van der Waals surface area contributed by atoms with Crippen molar-refractivity contribution in [3.63, 3.8) is 0 Å². The maximum Gasteiger partial charge on any atom is 0.254 e. The standard InChI is InChI=1S/C20H19ClN4O/c1-14-5-4-6-15(9-14)10-23-20-24-12-17(13-25-20)19(26)22-11-16-7-2-3-8-18(16)21/h2-9,12-13H,10-11H2,1H3,(H,22,26)(H,23,24,25). The van der Waals surface area contributed by atoms with Gasteiger partial charge in [-0.15, -0.1) is 0 Å². The minimum atomic E-state index is -0.241. The number of carbonyl (C=O) groups excluding carboxylic acids is 1. The van der Waals surface area contributed by atoms with E-state index in [1.807, 2.05) is 30.3 Å². The molecule has 0 saturated carbocycles. The molecule has 2 aromatic carbocycles. The number of hydrogen-bond donors (Lipinski definition) is 2. The van der Waals surface area contributed by atoms with Crippen molar-refractivity contribution in [3.8, 4) is 0 Å². The summed E-state index contributed by atoms with van der Waals surface area (Å²) in [7, 11) is 0. The number of rotatable bonds is 6. The summed E-state index contributed by atoms with van der Waals surface area (Å²) in [6.07, 6.45) is 3.01. The summed E-state index contributed by atoms with van der Waals surface area (Å²) in [5.74, 6) is 0.240. The van der Waals surface area contributed by atoms with Crippen LogP contribution >= 0.6 is 11.6 Å². The molecule has 0 bridgehead atoms. The van der Waals surface area contributed by atoms with Crippen molar-refractivity contribution in [2.24, 2.45) is 0 Å². The van der Waals surface area contributed by atoms with Gasteiger partial charge in [0.05, 0.1) is 5.56 Å². The summed E-state index contributed by atoms with van der Waals surface area (Å²) >= 11 is 6.09. The molecule has 6 heteroatoms. The van der Waals surface area contributed by atoms with Gasteiger partial charge in [0, 0.05) is 30.5 Å². The first-order chi connectivity index (χ1) is 12.6. The van der Waals surface area contributed by atoms with Crippen LogP contribution in [0.25, 0.3) is 0 Å². The molecule has 0 saturated heterocycles. The van der Waals surface area contributed by atoms with Gasteiger partial charge in [0.25, 0.3) is 5.91 Å². The van der Waals surface area contributed by atoms with Gasteiger partial charge in [0.1, 0.15) is 0 Å². The van der Waals surface area contributed by atoms with Gasteiger partial charge in [-0.05, 0) is 24.1 Å². The highest BCUT2D eigenvalue weighted by Gasteiger charge is 2.08. The fourth-order valence-electron chi connectivity index (χ4n) is 2.46. The second kappa shape index (κ2) is 8.45. The molecule has 26 heavy (non-hydrogen) atoms. The molecule has 0 aliphatic carbocycles. The Hall–Kier alpha value is -2.92. The van der Waals surface area contributed by atoms with Gasteiger partial charge in [-0.2, -0.15) is 0 Å². The van der Waals surface area contributed by atoms with Crippen LogP contribution in [0, 0.1) is 6.92 Å². The van der Waals surface area contributed by atoms with Gasteiger partial charge < -0.3 is 10.6 Å². The predicted molar refractivity (Wildman–Crippen MR) is 103 cm³/mol. The summed E-state index contributed by atoms with van der Waals surface area (Å²) < 4.78 is 0. The first-order valence-corrected chi connectivity index (χ1v) is 8.62. The maximum atomic E-state index is 12.2. The summed E-state index contributed by atoms with van der Waals surface area (Å²) in [6, 6.07) is 15.6. The lowest BCUT2D eigenvalue weighted by Crippen LogP contribution is -2.23. The first-order valence-electron chi connectivity index (χ1n) is 8.25. The van der Waals surface area contributed by atoms with E-state index in [1.54, 1.807) is 6.07 Å². The molecule has 3 rings (SSSR count). The van der Waals surface area contributed by atoms with Crippen LogP contribution in [0.1, 0.15) is 27.0 Å². The van der Waals surface area contributed by atoms with Gasteiger partial charge in [-0.3, -0.25) is 4.79 Å². The smallest absolute Gasteiger partial charge is 0.254 e. The summed E-state index contributed by atoms with van der Waals surface area (Å²) in [5.41, 5.74) is 3.61. The lowest BCUT2D eigenvalue weighted by Gasteiger charge is -2.08. The van der Waals surface area contributed by atoms with Crippen LogP contribution in [0.15, 0.2) is 60.9 Å². The van der Waals surface area contributed by atoms with Gasteiger partial charge in [-0.25, -0.2) is 9.97 Å². The number of halogens is 1. The number of hydrogen-bond acceptors (Lipinski definition) is 4. The zero-order valence-electron chi connectivity index (χ0n) is 14.4. The molecule has 0 radical (unpaired) electrons. The van der Waals surface area contributed by atoms with Crippen molar-refractivity contribution in [3.05, 3.63) is 88.2 Å². The summed E-state index contributed by atoms with van der Waals surface area (Å²) in [6.45, 7) is 3.03. The Bertz CT molecular complexity index is 896. The molecule has 0 spiro atoms. The quantitative estimate of drug-likeness (QED) is 0.692. The van der Waals surface area contributed by atoms with Crippen molar-refractivity contribution in [1.82, 2.24) is 15.3 Å². The molecule has 0 fully saturated rings. The van der Waals surface area contributed by atoms with E-state index in [-0.39, 0.29) is 5.91 Å².